The molecule has 0 radical (unpaired) electrons. The molecule has 0 unspecified atom stereocenters. The molecule has 7 rings (SSSR count). The highest BCUT2D eigenvalue weighted by Gasteiger charge is 2.14. The third kappa shape index (κ3) is 45.7. The molecule has 0 fully saturated rings. The molecule has 5 heterocycles. The highest BCUT2D eigenvalue weighted by atomic mass is 32.2. The van der Waals surface area contributed by atoms with Crippen LogP contribution in [0.1, 0.15) is 0 Å². The van der Waals surface area contributed by atoms with E-state index in [4.69, 9.17) is 78.7 Å². The number of ether oxygens (including phenoxy) is 8. The number of nitrogens with zero attached hydrogens (tertiary/aromatic N) is 6. The van der Waals surface area contributed by atoms with Gasteiger partial charge in [0.15, 0.2) is 47.8 Å². The second kappa shape index (κ2) is 63.7. The van der Waals surface area contributed by atoms with Crippen LogP contribution in [-0.2, 0) is 61.9 Å². The summed E-state index contributed by atoms with van der Waals surface area (Å²) in [5.41, 5.74) is 4.79. The zero-order valence-electron chi connectivity index (χ0n) is 54.4. The molecule has 0 aliphatic carbocycles. The van der Waals surface area contributed by atoms with Crippen LogP contribution in [-0.4, -0.2) is 264 Å². The van der Waals surface area contributed by atoms with Gasteiger partial charge in [-0.25, -0.2) is 16.8 Å². The topological polar surface area (TPSA) is 424 Å². The zero-order chi connectivity index (χ0) is 71.0. The summed E-state index contributed by atoms with van der Waals surface area (Å²) in [6, 6.07) is 23.8. The Morgan fingerprint density at radius 1 is 0.380 bits per heavy atom. The highest BCUT2D eigenvalue weighted by Crippen LogP contribution is 2.31. The third-order valence-corrected chi connectivity index (χ3v) is 11.6. The molecule has 2 aromatic carbocycles. The predicted octanol–water partition coefficient (Wildman–Crippen LogP) is 0.153. The van der Waals surface area contributed by atoms with Gasteiger partial charge in [-0.1, -0.05) is 0 Å². The van der Waals surface area contributed by atoms with Crippen LogP contribution in [0.4, 0.5) is 0 Å². The molecule has 6 aromatic rings. The Labute approximate surface area is 541 Å². The van der Waals surface area contributed by atoms with Crippen molar-refractivity contribution >= 4 is 33.1 Å². The second-order valence-electron chi connectivity index (χ2n) is 16.2. The lowest BCUT2D eigenvalue weighted by atomic mass is 10.1. The number of rotatable bonds is 9. The van der Waals surface area contributed by atoms with E-state index >= 15 is 0 Å². The molecule has 2 amide bonds. The molecular weight excluding hydrogens is 1250 g/mol. The van der Waals surface area contributed by atoms with Crippen molar-refractivity contribution in [2.45, 2.75) is 22.9 Å². The minimum absolute atomic E-state index is 0.0491. The van der Waals surface area contributed by atoms with Gasteiger partial charge in [0.05, 0.1) is 62.6 Å². The molecule has 1 aliphatic heterocycles. The maximum Gasteiger partial charge on any atom is 0.209 e. The van der Waals surface area contributed by atoms with Gasteiger partial charge < -0.3 is 97.7 Å². The lowest BCUT2D eigenvalue weighted by Gasteiger charge is -2.16. The smallest absolute Gasteiger partial charge is 0.209 e. The lowest BCUT2D eigenvalue weighted by Crippen LogP contribution is -2.43. The fourth-order valence-electron chi connectivity index (χ4n) is 6.16. The molecule has 0 saturated heterocycles. The van der Waals surface area contributed by atoms with Gasteiger partial charge in [-0.2, -0.15) is 9.13 Å². The summed E-state index contributed by atoms with van der Waals surface area (Å²) in [6.45, 7) is 3.74. The maximum atomic E-state index is 11.4. The summed E-state index contributed by atoms with van der Waals surface area (Å²) in [6.07, 6.45) is 17.3. The van der Waals surface area contributed by atoms with Gasteiger partial charge in [0.25, 0.3) is 0 Å². The van der Waals surface area contributed by atoms with Gasteiger partial charge in [0.2, 0.25) is 25.9 Å². The Morgan fingerprint density at radius 3 is 0.826 bits per heavy atom. The summed E-state index contributed by atoms with van der Waals surface area (Å²) >= 11 is 0. The molecule has 0 spiro atoms. The predicted molar refractivity (Wildman–Crippen MR) is 338 cm³/mol. The molecule has 522 valence electrons. The summed E-state index contributed by atoms with van der Waals surface area (Å²) < 4.78 is 117. The fourth-order valence-corrected chi connectivity index (χ4v) is 7.13. The van der Waals surface area contributed by atoms with E-state index in [0.717, 1.165) is 107 Å². The van der Waals surface area contributed by atoms with Gasteiger partial charge in [-0.15, -0.1) is 0 Å². The molecule has 0 atom stereocenters. The first kappa shape index (κ1) is 93.2. The van der Waals surface area contributed by atoms with E-state index in [1.54, 1.807) is 28.2 Å². The number of pyridine rings is 4. The van der Waals surface area contributed by atoms with E-state index in [-0.39, 0.29) is 102 Å². The van der Waals surface area contributed by atoms with Crippen LogP contribution in [0.15, 0.2) is 144 Å². The normalized spacial score (nSPS) is 12.0. The molecule has 1 aliphatic rings. The Bertz CT molecular complexity index is 2660. The lowest BCUT2D eigenvalue weighted by molar-refractivity contribution is -0.778. The zero-order valence-corrected chi connectivity index (χ0v) is 56.0. The molecule has 30 nitrogen and oxygen atoms in total. The first-order valence-electron chi connectivity index (χ1n) is 27.2. The number of aryl methyl sites for hydroxylation is 2. The van der Waals surface area contributed by atoms with Crippen molar-refractivity contribution in [1.29, 1.82) is 0 Å². The molecule has 92 heavy (non-hydrogen) atoms. The van der Waals surface area contributed by atoms with Crippen LogP contribution in [0.3, 0.4) is 0 Å². The van der Waals surface area contributed by atoms with E-state index in [1.165, 1.54) is 44.2 Å². The van der Waals surface area contributed by atoms with Crippen molar-refractivity contribution in [1.82, 2.24) is 19.8 Å². The average molecular weight is 1350 g/mol. The summed E-state index contributed by atoms with van der Waals surface area (Å²) in [5.74, 6) is 0.616. The van der Waals surface area contributed by atoms with Crippen molar-refractivity contribution in [3.63, 3.8) is 0 Å². The molecule has 8 N–H and O–H groups in total. The van der Waals surface area contributed by atoms with Gasteiger partial charge in [-0.3, -0.25) is 19.6 Å². The standard InChI is InChI=1S/C24H32O14S2.C22H20N4.2C3H7NO.8CH4O/c25-39(26,27)19-1-3-21-23(17-19)37-15-11-33-8-6-32-10-14-36-22-4-2-20(40(28,29)30)18-24(22)38-16-12-34-7-5-31-9-13-35-21;1-9-23-10-2-19(1)21-5-13-25(14-6-21)17-18-26-15-7-22(8-16-26)20-3-11-24-12-4-20;2*1-4(2)3-5;8*1-2/h1-4,17-18H,5-16H2,(H,25,26,27)(H,28,29,30);1-16H,17-18H2;2*3H,1-2H3;8*2H,1H3/q;+2;;;;;;;;;;/p-2. The van der Waals surface area contributed by atoms with Crippen LogP contribution in [0.5, 0.6) is 23.0 Å². The van der Waals surface area contributed by atoms with Gasteiger partial charge in [0, 0.05) is 146 Å². The number of carbonyl (C=O) groups excluding carboxylic acids is 2. The number of aliphatic hydroxyl groups is 8. The minimum atomic E-state index is -4.68. The van der Waals surface area contributed by atoms with E-state index in [2.05, 4.69) is 68.2 Å². The first-order chi connectivity index (χ1) is 44.6. The minimum Gasteiger partial charge on any atom is -0.744 e. The van der Waals surface area contributed by atoms with Crippen molar-refractivity contribution in [3.05, 3.63) is 135 Å². The van der Waals surface area contributed by atoms with Gasteiger partial charge in [0.1, 0.15) is 46.7 Å². The van der Waals surface area contributed by atoms with Crippen molar-refractivity contribution in [2.24, 2.45) is 0 Å². The van der Waals surface area contributed by atoms with Gasteiger partial charge in [-0.05, 0) is 70.8 Å². The monoisotopic (exact) mass is 1350 g/mol. The highest BCUT2D eigenvalue weighted by molar-refractivity contribution is 7.86. The van der Waals surface area contributed by atoms with E-state index in [1.807, 2.05) is 49.1 Å². The van der Waals surface area contributed by atoms with Crippen LogP contribution >= 0.6 is 0 Å². The second-order valence-corrected chi connectivity index (χ2v) is 19.0. The maximum absolute atomic E-state index is 11.4. The Kier molecular flexibility index (Phi) is 64.5. The Morgan fingerprint density at radius 2 is 0.598 bits per heavy atom. The van der Waals surface area contributed by atoms with Crippen molar-refractivity contribution < 1.29 is 123 Å². The number of benzene rings is 2. The summed E-state index contributed by atoms with van der Waals surface area (Å²) in [7, 11) is 5.38. The number of aliphatic hydroxyl groups excluding tert-OH is 8. The average Bonchev–Trinajstić information content (AvgIpc) is 0.910. The number of aromatic nitrogens is 4. The van der Waals surface area contributed by atoms with Crippen LogP contribution in [0, 0.1) is 0 Å². The SMILES string of the molecule is CN(C)C=O.CN(C)C=O.CO.CO.CO.CO.CO.CO.CO.CO.O=S(=O)([O-])c1ccc2c(c1)OCCOCCOCCOc1ccc(S(=O)(=O)[O-])cc1OCCOCCOCCO2.c1cc(-c2cc[n+](CC[n+]3ccc(-c4ccncc4)cc3)cc2)ccn1. The van der Waals surface area contributed by atoms with Gasteiger partial charge >= 0.3 is 0 Å². The Balaban J connectivity index is -0.000000414. The van der Waals surface area contributed by atoms with E-state index in [9.17, 15) is 35.5 Å². The number of carbonyl (C=O) groups is 2. The van der Waals surface area contributed by atoms with E-state index in [0.29, 0.717) is 0 Å². The largest absolute Gasteiger partial charge is 0.744 e. The number of hydrogen-bond acceptors (Lipinski definition) is 26. The number of amides is 2. The van der Waals surface area contributed by atoms with Crippen LogP contribution in [0.2, 0.25) is 0 Å². The molecule has 0 bridgehead atoms. The summed E-state index contributed by atoms with van der Waals surface area (Å²) in [5, 5.41) is 56.0. The van der Waals surface area contributed by atoms with Crippen LogP contribution < -0.4 is 28.1 Å². The molecule has 0 saturated carbocycles. The van der Waals surface area contributed by atoms with E-state index < -0.39 is 30.0 Å². The molecule has 32 heteroatoms. The van der Waals surface area contributed by atoms with Crippen LogP contribution in [0.25, 0.3) is 22.3 Å². The third-order valence-electron chi connectivity index (χ3n) is 9.94. The fraction of sp³-hybridized carbons (Fsp3) is 0.433. The molecule has 4 aromatic heterocycles. The number of hydrogen-bond donors (Lipinski definition) is 8. The van der Waals surface area contributed by atoms with Crippen molar-refractivity contribution in [2.75, 3.05) is 164 Å². The molecular formula is C60H96N6O24S2. The quantitative estimate of drug-likeness (QED) is 0.0543. The Hall–Kier alpha value is -7.48. The summed E-state index contributed by atoms with van der Waals surface area (Å²) in [4.78, 5) is 29.0. The van der Waals surface area contributed by atoms with Crippen molar-refractivity contribution in [3.8, 4) is 45.3 Å². The number of fused-ring (bicyclic) bond motifs is 2. The first-order valence-corrected chi connectivity index (χ1v) is 30.0.